The molecule has 0 heterocycles. The van der Waals surface area contributed by atoms with Gasteiger partial charge in [0.2, 0.25) is 0 Å². The van der Waals surface area contributed by atoms with Crippen LogP contribution in [0.3, 0.4) is 0 Å². The van der Waals surface area contributed by atoms with Crippen LogP contribution < -0.4 is 5.32 Å². The van der Waals surface area contributed by atoms with Crippen molar-refractivity contribution in [2.45, 2.75) is 58.3 Å². The predicted octanol–water partition coefficient (Wildman–Crippen LogP) is 2.43. The average Bonchev–Trinajstić information content (AvgIpc) is 2.12. The topological polar surface area (TPSA) is 67.8 Å². The lowest BCUT2D eigenvalue weighted by Crippen LogP contribution is -2.33. The molecule has 0 spiro atoms. The summed E-state index contributed by atoms with van der Waals surface area (Å²) >= 11 is 0. The summed E-state index contributed by atoms with van der Waals surface area (Å²) < 4.78 is 20.2. The molecule has 0 radical (unpaired) electrons. The summed E-state index contributed by atoms with van der Waals surface area (Å²) in [5.41, 5.74) is -0.494. The average molecular weight is 276 g/mol. The van der Waals surface area contributed by atoms with E-state index in [9.17, 15) is 9.00 Å². The van der Waals surface area contributed by atoms with Crippen molar-refractivity contribution in [1.29, 1.82) is 0 Å². The van der Waals surface area contributed by atoms with Crippen molar-refractivity contribution in [2.75, 3.05) is 6.54 Å². The molecule has 0 aromatic heterocycles. The summed E-state index contributed by atoms with van der Waals surface area (Å²) in [6.07, 6.45) is 1.65. The predicted molar refractivity (Wildman–Crippen MR) is 75.2 cm³/mol. The van der Waals surface area contributed by atoms with Crippen molar-refractivity contribution >= 4 is 23.3 Å². The fourth-order valence-electron chi connectivity index (χ4n) is 0.831. The normalized spacial score (nSPS) is 14.6. The summed E-state index contributed by atoms with van der Waals surface area (Å²) in [5.74, 6) is 0. The Morgan fingerprint density at radius 2 is 1.83 bits per heavy atom. The van der Waals surface area contributed by atoms with E-state index < -0.39 is 22.7 Å². The summed E-state index contributed by atoms with van der Waals surface area (Å²) in [7, 11) is -1.24. The number of alkyl carbamates (subject to hydrolysis) is 1. The van der Waals surface area contributed by atoms with Crippen molar-refractivity contribution in [2.24, 2.45) is 4.40 Å². The number of hydrogen-bond acceptors (Lipinski definition) is 3. The van der Waals surface area contributed by atoms with Crippen molar-refractivity contribution in [3.05, 3.63) is 0 Å². The van der Waals surface area contributed by atoms with Gasteiger partial charge in [0.25, 0.3) is 0 Å². The van der Waals surface area contributed by atoms with Gasteiger partial charge in [-0.15, -0.1) is 0 Å². The molecular weight excluding hydrogens is 252 g/mol. The van der Waals surface area contributed by atoms with Gasteiger partial charge in [-0.1, -0.05) is 0 Å². The molecule has 1 unspecified atom stereocenters. The Balaban J connectivity index is 3.85. The third-order valence-corrected chi connectivity index (χ3v) is 3.02. The highest BCUT2D eigenvalue weighted by molar-refractivity contribution is 7.85. The Morgan fingerprint density at radius 1 is 1.28 bits per heavy atom. The van der Waals surface area contributed by atoms with Gasteiger partial charge in [-0.2, -0.15) is 4.40 Å². The Morgan fingerprint density at radius 3 is 2.28 bits per heavy atom. The maximum absolute atomic E-state index is 11.6. The minimum atomic E-state index is -1.24. The zero-order valence-electron chi connectivity index (χ0n) is 12.1. The van der Waals surface area contributed by atoms with Crippen molar-refractivity contribution in [1.82, 2.24) is 5.32 Å². The van der Waals surface area contributed by atoms with Gasteiger partial charge in [-0.05, 0) is 41.5 Å². The lowest BCUT2D eigenvalue weighted by Gasteiger charge is -2.19. The van der Waals surface area contributed by atoms with E-state index in [1.165, 1.54) is 0 Å². The molecule has 1 atom stereocenters. The van der Waals surface area contributed by atoms with E-state index in [0.29, 0.717) is 13.0 Å². The lowest BCUT2D eigenvalue weighted by atomic mass is 10.2. The van der Waals surface area contributed by atoms with Crippen LogP contribution >= 0.6 is 0 Å². The number of rotatable bonds is 4. The quantitative estimate of drug-likeness (QED) is 0.633. The van der Waals surface area contributed by atoms with Crippen molar-refractivity contribution < 1.29 is 13.7 Å². The van der Waals surface area contributed by atoms with E-state index in [0.717, 1.165) is 0 Å². The molecule has 0 aliphatic heterocycles. The van der Waals surface area contributed by atoms with E-state index in [1.54, 1.807) is 27.0 Å². The molecule has 0 rings (SSSR count). The van der Waals surface area contributed by atoms with Crippen LogP contribution in [0.5, 0.6) is 0 Å². The van der Waals surface area contributed by atoms with Crippen LogP contribution in [0, 0.1) is 0 Å². The van der Waals surface area contributed by atoms with Crippen molar-refractivity contribution in [3.8, 4) is 0 Å². The molecule has 1 N–H and O–H groups in total. The highest BCUT2D eigenvalue weighted by Gasteiger charge is 2.18. The number of nitrogens with zero attached hydrogens (tertiary/aromatic N) is 1. The molecule has 106 valence electrons. The van der Waals surface area contributed by atoms with Crippen LogP contribution in [0.2, 0.25) is 0 Å². The van der Waals surface area contributed by atoms with Gasteiger partial charge in [0.1, 0.15) is 16.6 Å². The molecular formula is C12H24N2O3S. The van der Waals surface area contributed by atoms with Gasteiger partial charge in [0.15, 0.2) is 0 Å². The summed E-state index contributed by atoms with van der Waals surface area (Å²) in [6, 6.07) is 0. The summed E-state index contributed by atoms with van der Waals surface area (Å²) in [5, 5.41) is 2.60. The number of amides is 1. The summed E-state index contributed by atoms with van der Waals surface area (Å²) in [4.78, 5) is 11.3. The van der Waals surface area contributed by atoms with E-state index in [-0.39, 0.29) is 4.75 Å². The lowest BCUT2D eigenvalue weighted by molar-refractivity contribution is 0.0529. The van der Waals surface area contributed by atoms with E-state index in [1.807, 2.05) is 20.8 Å². The van der Waals surface area contributed by atoms with Crippen LogP contribution in [0.25, 0.3) is 0 Å². The van der Waals surface area contributed by atoms with Crippen LogP contribution in [0.15, 0.2) is 4.40 Å². The zero-order valence-corrected chi connectivity index (χ0v) is 12.9. The highest BCUT2D eigenvalue weighted by Crippen LogP contribution is 2.11. The largest absolute Gasteiger partial charge is 0.444 e. The second kappa shape index (κ2) is 6.87. The molecule has 0 aromatic carbocycles. The molecule has 0 aliphatic rings. The second-order valence-corrected chi connectivity index (χ2v) is 7.80. The third-order valence-electron chi connectivity index (χ3n) is 1.64. The number of carbonyl (C=O) groups is 1. The van der Waals surface area contributed by atoms with E-state index >= 15 is 0 Å². The van der Waals surface area contributed by atoms with Crippen LogP contribution in [-0.4, -0.2) is 33.4 Å². The molecule has 0 saturated heterocycles. The van der Waals surface area contributed by atoms with Crippen LogP contribution in [0.1, 0.15) is 48.0 Å². The first-order valence-corrected chi connectivity index (χ1v) is 7.04. The second-order valence-electron chi connectivity index (χ2n) is 5.87. The van der Waals surface area contributed by atoms with Gasteiger partial charge in [-0.3, -0.25) is 0 Å². The van der Waals surface area contributed by atoms with Gasteiger partial charge in [0, 0.05) is 19.2 Å². The molecule has 0 aliphatic carbocycles. The Labute approximate surface area is 112 Å². The zero-order chi connectivity index (χ0) is 14.4. The first-order valence-electron chi connectivity index (χ1n) is 5.94. The standard InChI is InChI=1S/C12H24N2O3S/c1-11(2,3)17-10(15)13-8-7-9-14-18(16)12(4,5)6/h9H,7-8H2,1-6H3,(H,13,15). The molecule has 0 aromatic rings. The Hall–Kier alpha value is -0.910. The molecule has 6 heteroatoms. The first kappa shape index (κ1) is 17.1. The molecule has 1 amide bonds. The maximum Gasteiger partial charge on any atom is 0.407 e. The van der Waals surface area contributed by atoms with Crippen molar-refractivity contribution in [3.63, 3.8) is 0 Å². The van der Waals surface area contributed by atoms with Gasteiger partial charge in [0.05, 0.1) is 4.75 Å². The molecule has 0 fully saturated rings. The maximum atomic E-state index is 11.6. The van der Waals surface area contributed by atoms with Gasteiger partial charge >= 0.3 is 6.09 Å². The number of carbonyl (C=O) groups excluding carboxylic acids is 1. The number of nitrogens with one attached hydrogen (secondary N) is 1. The van der Waals surface area contributed by atoms with E-state index in [4.69, 9.17) is 4.74 Å². The van der Waals surface area contributed by atoms with Gasteiger partial charge in [-0.25, -0.2) is 9.00 Å². The molecule has 0 saturated carbocycles. The van der Waals surface area contributed by atoms with Gasteiger partial charge < -0.3 is 10.1 Å². The smallest absolute Gasteiger partial charge is 0.407 e. The fourth-order valence-corrected chi connectivity index (χ4v) is 1.39. The first-order chi connectivity index (χ1) is 8.02. The monoisotopic (exact) mass is 276 g/mol. The fraction of sp³-hybridized carbons (Fsp3) is 0.833. The third kappa shape index (κ3) is 9.15. The Kier molecular flexibility index (Phi) is 6.52. The Bertz CT molecular complexity index is 327. The minimum absolute atomic E-state index is 0.352. The van der Waals surface area contributed by atoms with Crippen LogP contribution in [-0.2, 0) is 15.7 Å². The molecule has 0 bridgehead atoms. The minimum Gasteiger partial charge on any atom is -0.444 e. The SMILES string of the molecule is CC(C)(C)OC(=O)NCCC=NS(=O)C(C)(C)C. The van der Waals surface area contributed by atoms with E-state index in [2.05, 4.69) is 9.71 Å². The highest BCUT2D eigenvalue weighted by atomic mass is 32.2. The molecule has 5 nitrogen and oxygen atoms in total. The molecule has 18 heavy (non-hydrogen) atoms. The number of hydrogen-bond donors (Lipinski definition) is 1. The summed E-state index contributed by atoms with van der Waals surface area (Å²) in [6.45, 7) is 11.4. The number of ether oxygens (including phenoxy) is 1. The van der Waals surface area contributed by atoms with Crippen LogP contribution in [0.4, 0.5) is 4.79 Å².